The van der Waals surface area contributed by atoms with Crippen molar-refractivity contribution >= 4 is 41.8 Å². The van der Waals surface area contributed by atoms with Gasteiger partial charge in [0.05, 0.1) is 17.0 Å². The van der Waals surface area contributed by atoms with E-state index in [-0.39, 0.29) is 36.8 Å². The number of pyridine rings is 1. The van der Waals surface area contributed by atoms with E-state index in [1.807, 2.05) is 27.0 Å². The molecule has 0 radical (unpaired) electrons. The average molecular weight is 360 g/mol. The van der Waals surface area contributed by atoms with Crippen LogP contribution in [0.4, 0.5) is 0 Å². The number of carbonyl (C=O) groups is 1. The van der Waals surface area contributed by atoms with Gasteiger partial charge in [0.2, 0.25) is 0 Å². The first kappa shape index (κ1) is 19.7. The van der Waals surface area contributed by atoms with Crippen LogP contribution in [-0.4, -0.2) is 39.8 Å². The number of piperidine rings is 1. The molecule has 23 heavy (non-hydrogen) atoms. The summed E-state index contributed by atoms with van der Waals surface area (Å²) in [6, 6.07) is 2.11. The Hall–Kier alpha value is -1.37. The molecule has 0 saturated carbocycles. The Morgan fingerprint density at radius 1 is 1.35 bits per heavy atom. The van der Waals surface area contributed by atoms with Crippen molar-refractivity contribution in [2.45, 2.75) is 32.7 Å². The highest BCUT2D eigenvalue weighted by Gasteiger charge is 2.19. The number of nitrogens with zero attached hydrogens (tertiary/aromatic N) is 3. The van der Waals surface area contributed by atoms with Crippen molar-refractivity contribution in [2.24, 2.45) is 7.05 Å². The summed E-state index contributed by atoms with van der Waals surface area (Å²) in [5.74, 6) is -0.0427. The number of hydrogen-bond acceptors (Lipinski definition) is 4. The van der Waals surface area contributed by atoms with Crippen molar-refractivity contribution in [3.63, 3.8) is 0 Å². The molecule has 1 fully saturated rings. The minimum Gasteiger partial charge on any atom is -0.348 e. The molecule has 0 aliphatic carbocycles. The van der Waals surface area contributed by atoms with Gasteiger partial charge in [0.25, 0.3) is 5.91 Å². The van der Waals surface area contributed by atoms with Crippen molar-refractivity contribution in [3.8, 4) is 0 Å². The molecular weight excluding hydrogens is 337 g/mol. The molecule has 3 heterocycles. The van der Waals surface area contributed by atoms with Crippen LogP contribution >= 0.6 is 24.8 Å². The molecule has 128 valence electrons. The molecule has 1 aliphatic heterocycles. The fraction of sp³-hybridized carbons (Fsp3) is 0.533. The first-order valence-corrected chi connectivity index (χ1v) is 7.39. The number of fused-ring (bicyclic) bond motifs is 1. The number of hydrogen-bond donors (Lipinski definition) is 2. The summed E-state index contributed by atoms with van der Waals surface area (Å²) >= 11 is 0. The number of nitrogens with one attached hydrogen (secondary N) is 2. The molecule has 0 unspecified atom stereocenters. The van der Waals surface area contributed by atoms with Crippen molar-refractivity contribution < 1.29 is 4.79 Å². The van der Waals surface area contributed by atoms with E-state index in [1.165, 1.54) is 0 Å². The summed E-state index contributed by atoms with van der Waals surface area (Å²) in [6.07, 6.45) is 2.13. The zero-order valence-electron chi connectivity index (χ0n) is 13.5. The van der Waals surface area contributed by atoms with Gasteiger partial charge in [-0.05, 0) is 39.3 Å². The number of carbonyl (C=O) groups excluding carboxylic acids is 1. The smallest absolute Gasteiger partial charge is 0.253 e. The Balaban J connectivity index is 0.00000132. The first-order chi connectivity index (χ1) is 10.1. The Kier molecular flexibility index (Phi) is 6.80. The van der Waals surface area contributed by atoms with E-state index in [0.717, 1.165) is 48.4 Å². The van der Waals surface area contributed by atoms with E-state index in [4.69, 9.17) is 0 Å². The predicted molar refractivity (Wildman–Crippen MR) is 95.8 cm³/mol. The Bertz CT molecular complexity index is 695. The molecule has 1 atom stereocenters. The van der Waals surface area contributed by atoms with Crippen LogP contribution in [-0.2, 0) is 7.05 Å². The molecule has 0 aromatic carbocycles. The van der Waals surface area contributed by atoms with Crippen molar-refractivity contribution in [3.05, 3.63) is 23.0 Å². The molecule has 1 aliphatic rings. The number of aryl methyl sites for hydroxylation is 3. The third kappa shape index (κ3) is 3.94. The van der Waals surface area contributed by atoms with Crippen LogP contribution in [0.5, 0.6) is 0 Å². The summed E-state index contributed by atoms with van der Waals surface area (Å²) in [4.78, 5) is 17.0. The monoisotopic (exact) mass is 359 g/mol. The van der Waals surface area contributed by atoms with Gasteiger partial charge in [-0.1, -0.05) is 0 Å². The third-order valence-electron chi connectivity index (χ3n) is 4.07. The maximum Gasteiger partial charge on any atom is 0.253 e. The molecular formula is C15H23Cl2N5O. The van der Waals surface area contributed by atoms with Crippen LogP contribution in [0.3, 0.4) is 0 Å². The Morgan fingerprint density at radius 3 is 2.74 bits per heavy atom. The largest absolute Gasteiger partial charge is 0.348 e. The lowest BCUT2D eigenvalue weighted by Crippen LogP contribution is -2.45. The SMILES string of the molecule is Cc1nc2c(cc1C(=O)N[C@H]1CCCNC1)c(C)nn2C.Cl.Cl. The fourth-order valence-electron chi connectivity index (χ4n) is 2.90. The van der Waals surface area contributed by atoms with Crippen LogP contribution < -0.4 is 10.6 Å². The zero-order valence-corrected chi connectivity index (χ0v) is 15.2. The molecule has 1 amide bonds. The van der Waals surface area contributed by atoms with Gasteiger partial charge < -0.3 is 10.6 Å². The number of amides is 1. The summed E-state index contributed by atoms with van der Waals surface area (Å²) < 4.78 is 1.75. The molecule has 0 bridgehead atoms. The molecule has 0 spiro atoms. The van der Waals surface area contributed by atoms with Gasteiger partial charge in [0, 0.05) is 25.0 Å². The van der Waals surface area contributed by atoms with Crippen molar-refractivity contribution in [1.29, 1.82) is 0 Å². The normalized spacial score (nSPS) is 17.3. The number of rotatable bonds is 2. The summed E-state index contributed by atoms with van der Waals surface area (Å²) in [5, 5.41) is 11.7. The number of aromatic nitrogens is 3. The van der Waals surface area contributed by atoms with E-state index >= 15 is 0 Å². The maximum absolute atomic E-state index is 12.5. The minimum absolute atomic E-state index is 0. The lowest BCUT2D eigenvalue weighted by atomic mass is 10.1. The predicted octanol–water partition coefficient (Wildman–Crippen LogP) is 1.91. The van der Waals surface area contributed by atoms with E-state index in [9.17, 15) is 4.79 Å². The highest BCUT2D eigenvalue weighted by atomic mass is 35.5. The van der Waals surface area contributed by atoms with Gasteiger partial charge in [-0.25, -0.2) is 4.98 Å². The molecule has 2 aromatic rings. The minimum atomic E-state index is -0.0427. The van der Waals surface area contributed by atoms with Crippen LogP contribution in [0, 0.1) is 13.8 Å². The maximum atomic E-state index is 12.5. The topological polar surface area (TPSA) is 71.8 Å². The third-order valence-corrected chi connectivity index (χ3v) is 4.07. The summed E-state index contributed by atoms with van der Waals surface area (Å²) in [5.41, 5.74) is 3.10. The molecule has 8 heteroatoms. The lowest BCUT2D eigenvalue weighted by Gasteiger charge is -2.24. The lowest BCUT2D eigenvalue weighted by molar-refractivity contribution is 0.0930. The van der Waals surface area contributed by atoms with E-state index in [0.29, 0.717) is 5.56 Å². The molecule has 1 saturated heterocycles. The molecule has 6 nitrogen and oxygen atoms in total. The summed E-state index contributed by atoms with van der Waals surface area (Å²) in [7, 11) is 1.87. The van der Waals surface area contributed by atoms with Gasteiger partial charge in [0.1, 0.15) is 0 Å². The second kappa shape index (κ2) is 7.95. The van der Waals surface area contributed by atoms with Gasteiger partial charge in [-0.2, -0.15) is 5.10 Å². The van der Waals surface area contributed by atoms with E-state index in [2.05, 4.69) is 20.7 Å². The van der Waals surface area contributed by atoms with Gasteiger partial charge >= 0.3 is 0 Å². The van der Waals surface area contributed by atoms with Crippen molar-refractivity contribution in [2.75, 3.05) is 13.1 Å². The van der Waals surface area contributed by atoms with Crippen molar-refractivity contribution in [1.82, 2.24) is 25.4 Å². The van der Waals surface area contributed by atoms with Gasteiger partial charge in [-0.3, -0.25) is 9.48 Å². The van der Waals surface area contributed by atoms with Crippen LogP contribution in [0.15, 0.2) is 6.07 Å². The Morgan fingerprint density at radius 2 is 2.09 bits per heavy atom. The van der Waals surface area contributed by atoms with Crippen LogP contribution in [0.1, 0.15) is 34.6 Å². The van der Waals surface area contributed by atoms with Crippen LogP contribution in [0.2, 0.25) is 0 Å². The average Bonchev–Trinajstić information content (AvgIpc) is 2.73. The Labute approximate surface area is 148 Å². The quantitative estimate of drug-likeness (QED) is 0.858. The van der Waals surface area contributed by atoms with Gasteiger partial charge in [0.15, 0.2) is 5.65 Å². The highest BCUT2D eigenvalue weighted by Crippen LogP contribution is 2.19. The van der Waals surface area contributed by atoms with E-state index in [1.54, 1.807) is 4.68 Å². The molecule has 3 rings (SSSR count). The molecule has 2 N–H and O–H groups in total. The highest BCUT2D eigenvalue weighted by molar-refractivity contribution is 5.98. The number of halogens is 2. The second-order valence-corrected chi connectivity index (χ2v) is 5.72. The fourth-order valence-corrected chi connectivity index (χ4v) is 2.90. The van der Waals surface area contributed by atoms with Gasteiger partial charge in [-0.15, -0.1) is 24.8 Å². The standard InChI is InChI=1S/C15H21N5O.2ClH/c1-9-13(15(21)18-11-5-4-6-16-8-11)7-12-10(2)19-20(3)14(12)17-9;;/h7,11,16H,4-6,8H2,1-3H3,(H,18,21);2*1H/t11-;;/m0../s1. The first-order valence-electron chi connectivity index (χ1n) is 7.39. The van der Waals surface area contributed by atoms with Crippen LogP contribution in [0.25, 0.3) is 11.0 Å². The van der Waals surface area contributed by atoms with E-state index < -0.39 is 0 Å². The zero-order chi connectivity index (χ0) is 15.0. The molecule has 2 aromatic heterocycles. The second-order valence-electron chi connectivity index (χ2n) is 5.72. The summed E-state index contributed by atoms with van der Waals surface area (Å²) in [6.45, 7) is 5.68.